The monoisotopic (exact) mass is 291 g/mol. The Kier molecular flexibility index (Phi) is 3.97. The van der Waals surface area contributed by atoms with E-state index in [1.54, 1.807) is 0 Å². The molecule has 22 heavy (non-hydrogen) atoms. The van der Waals surface area contributed by atoms with Crippen molar-refractivity contribution < 1.29 is 5.11 Å². The van der Waals surface area contributed by atoms with E-state index >= 15 is 0 Å². The quantitative estimate of drug-likeness (QED) is 0.759. The maximum Gasteiger partial charge on any atom is 0.0886 e. The van der Waals surface area contributed by atoms with Crippen molar-refractivity contribution >= 4 is 10.8 Å². The first-order valence-corrected chi connectivity index (χ1v) is 7.59. The van der Waals surface area contributed by atoms with Crippen molar-refractivity contribution in [3.8, 4) is 0 Å². The lowest BCUT2D eigenvalue weighted by atomic mass is 9.86. The lowest BCUT2D eigenvalue weighted by Crippen LogP contribution is -2.27. The van der Waals surface area contributed by atoms with Crippen LogP contribution in [0.2, 0.25) is 0 Å². The van der Waals surface area contributed by atoms with Crippen LogP contribution in [0.15, 0.2) is 72.8 Å². The van der Waals surface area contributed by atoms with Crippen LogP contribution in [-0.2, 0) is 5.60 Å². The third-order valence-corrected chi connectivity index (χ3v) is 4.24. The molecule has 2 atom stereocenters. The van der Waals surface area contributed by atoms with Gasteiger partial charge in [-0.3, -0.25) is 0 Å². The van der Waals surface area contributed by atoms with Crippen LogP contribution in [0.1, 0.15) is 30.5 Å². The molecule has 0 aromatic heterocycles. The summed E-state index contributed by atoms with van der Waals surface area (Å²) in [6.45, 7) is 1.83. The van der Waals surface area contributed by atoms with Crippen LogP contribution in [0.25, 0.3) is 10.8 Å². The zero-order valence-corrected chi connectivity index (χ0v) is 12.7. The number of rotatable bonds is 4. The fraction of sp³-hybridized carbons (Fsp3) is 0.200. The average molecular weight is 291 g/mol. The first-order valence-electron chi connectivity index (χ1n) is 7.59. The van der Waals surface area contributed by atoms with Crippen molar-refractivity contribution in [3.05, 3.63) is 83.9 Å². The summed E-state index contributed by atoms with van der Waals surface area (Å²) in [5.74, 6) is 0. The highest BCUT2D eigenvalue weighted by Gasteiger charge is 2.27. The van der Waals surface area contributed by atoms with Gasteiger partial charge < -0.3 is 10.8 Å². The van der Waals surface area contributed by atoms with Crippen molar-refractivity contribution in [2.24, 2.45) is 5.73 Å². The predicted molar refractivity (Wildman–Crippen MR) is 91.5 cm³/mol. The van der Waals surface area contributed by atoms with Gasteiger partial charge in [-0.2, -0.15) is 0 Å². The minimum Gasteiger partial charge on any atom is -0.385 e. The van der Waals surface area contributed by atoms with E-state index in [9.17, 15) is 5.11 Å². The molecule has 0 spiro atoms. The number of fused-ring (bicyclic) bond motifs is 1. The van der Waals surface area contributed by atoms with Crippen LogP contribution in [0.5, 0.6) is 0 Å². The minimum absolute atomic E-state index is 0.221. The molecule has 112 valence electrons. The molecular formula is C20H21NO. The molecule has 3 N–H and O–H groups in total. The Bertz CT molecular complexity index is 760. The van der Waals surface area contributed by atoms with Gasteiger partial charge in [0.05, 0.1) is 5.60 Å². The first kappa shape index (κ1) is 14.8. The molecule has 3 rings (SSSR count). The van der Waals surface area contributed by atoms with Crippen molar-refractivity contribution in [2.45, 2.75) is 25.0 Å². The molecule has 3 aromatic carbocycles. The fourth-order valence-corrected chi connectivity index (χ4v) is 3.03. The highest BCUT2D eigenvalue weighted by atomic mass is 16.3. The van der Waals surface area contributed by atoms with Crippen molar-refractivity contribution in [1.82, 2.24) is 0 Å². The summed E-state index contributed by atoms with van der Waals surface area (Å²) < 4.78 is 0. The lowest BCUT2D eigenvalue weighted by Gasteiger charge is -2.28. The van der Waals surface area contributed by atoms with Crippen LogP contribution in [0, 0.1) is 0 Å². The molecule has 0 aliphatic carbocycles. The largest absolute Gasteiger partial charge is 0.385 e. The zero-order chi connectivity index (χ0) is 15.6. The van der Waals surface area contributed by atoms with E-state index in [-0.39, 0.29) is 6.04 Å². The van der Waals surface area contributed by atoms with E-state index < -0.39 is 5.60 Å². The summed E-state index contributed by atoms with van der Waals surface area (Å²) >= 11 is 0. The minimum atomic E-state index is -0.947. The maximum absolute atomic E-state index is 10.8. The summed E-state index contributed by atoms with van der Waals surface area (Å²) in [6.07, 6.45) is 0.477. The molecule has 2 heteroatoms. The van der Waals surface area contributed by atoms with Crippen LogP contribution >= 0.6 is 0 Å². The second-order valence-electron chi connectivity index (χ2n) is 6.02. The van der Waals surface area contributed by atoms with Crippen molar-refractivity contribution in [2.75, 3.05) is 0 Å². The number of aliphatic hydroxyl groups is 1. The summed E-state index contributed by atoms with van der Waals surface area (Å²) in [4.78, 5) is 0. The molecule has 2 unspecified atom stereocenters. The number of hydrogen-bond donors (Lipinski definition) is 2. The lowest BCUT2D eigenvalue weighted by molar-refractivity contribution is 0.0405. The number of nitrogens with two attached hydrogens (primary N) is 1. The molecule has 0 fully saturated rings. The molecule has 0 aliphatic heterocycles. The zero-order valence-electron chi connectivity index (χ0n) is 12.7. The summed E-state index contributed by atoms with van der Waals surface area (Å²) in [6, 6.07) is 23.9. The van der Waals surface area contributed by atoms with E-state index in [1.165, 1.54) is 5.39 Å². The Morgan fingerprint density at radius 1 is 0.909 bits per heavy atom. The van der Waals surface area contributed by atoms with Gasteiger partial charge in [-0.15, -0.1) is 0 Å². The Hall–Kier alpha value is -2.16. The van der Waals surface area contributed by atoms with Gasteiger partial charge in [0.1, 0.15) is 0 Å². The average Bonchev–Trinajstić information content (AvgIpc) is 2.54. The number of benzene rings is 3. The highest BCUT2D eigenvalue weighted by Crippen LogP contribution is 2.33. The van der Waals surface area contributed by atoms with Crippen LogP contribution < -0.4 is 5.73 Å². The Morgan fingerprint density at radius 2 is 1.55 bits per heavy atom. The Balaban J connectivity index is 1.92. The molecule has 0 radical (unpaired) electrons. The second-order valence-corrected chi connectivity index (χ2v) is 6.02. The normalized spacial score (nSPS) is 15.4. The Labute approximate surface area is 131 Å². The van der Waals surface area contributed by atoms with Gasteiger partial charge in [0.25, 0.3) is 0 Å². The summed E-state index contributed by atoms with van der Waals surface area (Å²) in [7, 11) is 0. The third kappa shape index (κ3) is 2.89. The van der Waals surface area contributed by atoms with Gasteiger partial charge in [-0.05, 0) is 35.2 Å². The van der Waals surface area contributed by atoms with Gasteiger partial charge in [-0.1, -0.05) is 72.8 Å². The summed E-state index contributed by atoms with van der Waals surface area (Å²) in [5, 5.41) is 13.1. The first-order chi connectivity index (χ1) is 10.6. The van der Waals surface area contributed by atoms with Crippen LogP contribution in [-0.4, -0.2) is 5.11 Å². The predicted octanol–water partition coefficient (Wildman–Crippen LogP) is 4.14. The maximum atomic E-state index is 10.8. The van der Waals surface area contributed by atoms with E-state index in [1.807, 2.05) is 61.5 Å². The molecule has 0 saturated carbocycles. The fourth-order valence-electron chi connectivity index (χ4n) is 3.03. The molecule has 0 heterocycles. The van der Waals surface area contributed by atoms with E-state index in [0.717, 1.165) is 16.5 Å². The topological polar surface area (TPSA) is 46.2 Å². The van der Waals surface area contributed by atoms with E-state index in [2.05, 4.69) is 18.2 Å². The van der Waals surface area contributed by atoms with Crippen molar-refractivity contribution in [1.29, 1.82) is 0 Å². The van der Waals surface area contributed by atoms with Crippen molar-refractivity contribution in [3.63, 3.8) is 0 Å². The standard InChI is InChI=1S/C20H21NO/c1-20(22,16-10-3-2-4-11-16)14-19(21)18-13-7-9-15-8-5-6-12-17(15)18/h2-13,19,22H,14,21H2,1H3. The van der Waals surface area contributed by atoms with Gasteiger partial charge in [0.15, 0.2) is 0 Å². The molecule has 0 amide bonds. The van der Waals surface area contributed by atoms with Gasteiger partial charge in [-0.25, -0.2) is 0 Å². The van der Waals surface area contributed by atoms with Gasteiger partial charge in [0.2, 0.25) is 0 Å². The van der Waals surface area contributed by atoms with Gasteiger partial charge in [0, 0.05) is 6.04 Å². The molecular weight excluding hydrogens is 270 g/mol. The highest BCUT2D eigenvalue weighted by molar-refractivity contribution is 5.86. The van der Waals surface area contributed by atoms with E-state index in [0.29, 0.717) is 6.42 Å². The van der Waals surface area contributed by atoms with Crippen LogP contribution in [0.3, 0.4) is 0 Å². The Morgan fingerprint density at radius 3 is 2.32 bits per heavy atom. The third-order valence-electron chi connectivity index (χ3n) is 4.24. The molecule has 0 saturated heterocycles. The molecule has 0 bridgehead atoms. The molecule has 0 aliphatic rings. The number of hydrogen-bond acceptors (Lipinski definition) is 2. The second kappa shape index (κ2) is 5.91. The van der Waals surface area contributed by atoms with E-state index in [4.69, 9.17) is 5.73 Å². The van der Waals surface area contributed by atoms with Gasteiger partial charge >= 0.3 is 0 Å². The molecule has 2 nitrogen and oxygen atoms in total. The smallest absolute Gasteiger partial charge is 0.0886 e. The van der Waals surface area contributed by atoms with Crippen LogP contribution in [0.4, 0.5) is 0 Å². The summed E-state index contributed by atoms with van der Waals surface area (Å²) in [5.41, 5.74) is 7.45. The SMILES string of the molecule is CC(O)(CC(N)c1cccc2ccccc12)c1ccccc1. The molecule has 3 aromatic rings.